The summed E-state index contributed by atoms with van der Waals surface area (Å²) in [6, 6.07) is 7.15. The number of hydrogen-bond donors (Lipinski definition) is 1. The summed E-state index contributed by atoms with van der Waals surface area (Å²) in [5.41, 5.74) is 1.41. The molecule has 2 atom stereocenters. The highest BCUT2D eigenvalue weighted by Crippen LogP contribution is 2.23. The molecular weight excluding hydrogens is 306 g/mol. The maximum Gasteiger partial charge on any atom is 0.254 e. The Morgan fingerprint density at radius 2 is 2.25 bits per heavy atom. The van der Waals surface area contributed by atoms with Crippen LogP contribution in [0.25, 0.3) is 0 Å². The Kier molecular flexibility index (Phi) is 5.05. The molecule has 0 aliphatic carbocycles. The number of aliphatic hydroxyl groups excluding tert-OH is 1. The fourth-order valence-corrected chi connectivity index (χ4v) is 2.99. The Labute approximate surface area is 141 Å². The number of carbonyl (C=O) groups excluding carboxylic acids is 1. The van der Waals surface area contributed by atoms with Gasteiger partial charge in [-0.3, -0.25) is 14.8 Å². The molecule has 1 N–H and O–H groups in total. The van der Waals surface area contributed by atoms with E-state index in [0.29, 0.717) is 37.4 Å². The zero-order valence-electron chi connectivity index (χ0n) is 13.6. The third-order valence-corrected chi connectivity index (χ3v) is 4.17. The van der Waals surface area contributed by atoms with Crippen LogP contribution in [0.4, 0.5) is 0 Å². The van der Waals surface area contributed by atoms with Crippen LogP contribution in [0.3, 0.4) is 0 Å². The van der Waals surface area contributed by atoms with Gasteiger partial charge in [0, 0.05) is 43.2 Å². The first-order valence-corrected chi connectivity index (χ1v) is 8.12. The van der Waals surface area contributed by atoms with Gasteiger partial charge in [0.05, 0.1) is 18.4 Å². The Morgan fingerprint density at radius 1 is 1.38 bits per heavy atom. The Bertz CT molecular complexity index is 693. The van der Waals surface area contributed by atoms with Crippen LogP contribution < -0.4 is 4.74 Å². The van der Waals surface area contributed by atoms with Gasteiger partial charge in [-0.25, -0.2) is 0 Å². The van der Waals surface area contributed by atoms with E-state index in [1.54, 1.807) is 35.6 Å². The third kappa shape index (κ3) is 3.71. The molecule has 0 saturated carbocycles. The van der Waals surface area contributed by atoms with Crippen LogP contribution in [0.15, 0.2) is 42.9 Å². The summed E-state index contributed by atoms with van der Waals surface area (Å²) in [6.45, 7) is 3.31. The molecule has 126 valence electrons. The maximum atomic E-state index is 12.7. The lowest BCUT2D eigenvalue weighted by Crippen LogP contribution is -2.29. The highest BCUT2D eigenvalue weighted by atomic mass is 16.5. The van der Waals surface area contributed by atoms with E-state index in [1.807, 2.05) is 19.1 Å². The van der Waals surface area contributed by atoms with E-state index in [2.05, 4.69) is 9.97 Å². The fourth-order valence-electron chi connectivity index (χ4n) is 2.99. The quantitative estimate of drug-likeness (QED) is 0.902. The predicted molar refractivity (Wildman–Crippen MR) is 88.7 cm³/mol. The maximum absolute atomic E-state index is 12.7. The molecule has 1 aliphatic rings. The molecule has 1 amide bonds. The molecule has 1 aromatic heterocycles. The second-order valence-electron chi connectivity index (χ2n) is 5.90. The van der Waals surface area contributed by atoms with Crippen molar-refractivity contribution in [1.82, 2.24) is 14.9 Å². The lowest BCUT2D eigenvalue weighted by molar-refractivity contribution is 0.0764. The smallest absolute Gasteiger partial charge is 0.254 e. The zero-order valence-corrected chi connectivity index (χ0v) is 13.6. The largest absolute Gasteiger partial charge is 0.494 e. The van der Waals surface area contributed by atoms with E-state index in [0.717, 1.165) is 5.69 Å². The monoisotopic (exact) mass is 327 g/mol. The van der Waals surface area contributed by atoms with Crippen molar-refractivity contribution in [2.45, 2.75) is 19.4 Å². The van der Waals surface area contributed by atoms with E-state index in [1.165, 1.54) is 0 Å². The van der Waals surface area contributed by atoms with Gasteiger partial charge in [-0.2, -0.15) is 0 Å². The number of aromatic nitrogens is 2. The van der Waals surface area contributed by atoms with Gasteiger partial charge < -0.3 is 14.7 Å². The Morgan fingerprint density at radius 3 is 3.00 bits per heavy atom. The fraction of sp³-hybridized carbons (Fsp3) is 0.389. The molecule has 0 radical (unpaired) electrons. The van der Waals surface area contributed by atoms with Gasteiger partial charge in [0.2, 0.25) is 0 Å². The molecule has 24 heavy (non-hydrogen) atoms. The lowest BCUT2D eigenvalue weighted by atomic mass is 10.0. The minimum atomic E-state index is -0.550. The predicted octanol–water partition coefficient (Wildman–Crippen LogP) is 1.55. The van der Waals surface area contributed by atoms with E-state index in [9.17, 15) is 9.90 Å². The van der Waals surface area contributed by atoms with Crippen molar-refractivity contribution in [3.8, 4) is 5.75 Å². The Hall–Kier alpha value is -2.47. The summed E-state index contributed by atoms with van der Waals surface area (Å²) in [6.07, 6.45) is 5.01. The van der Waals surface area contributed by atoms with Gasteiger partial charge in [-0.15, -0.1) is 0 Å². The van der Waals surface area contributed by atoms with Gasteiger partial charge in [-0.05, 0) is 31.5 Å². The third-order valence-electron chi connectivity index (χ3n) is 4.17. The minimum absolute atomic E-state index is 0.0271. The average Bonchev–Trinajstić information content (AvgIpc) is 2.96. The molecule has 3 rings (SSSR count). The molecule has 1 saturated heterocycles. The SMILES string of the molecule is CCOc1cccc(C(=O)N2C[C@@H](Cc3cnccn3)[C@H](O)C2)c1. The molecule has 0 spiro atoms. The zero-order chi connectivity index (χ0) is 16.9. The van der Waals surface area contributed by atoms with Crippen molar-refractivity contribution in [3.05, 3.63) is 54.1 Å². The number of ether oxygens (including phenoxy) is 1. The number of rotatable bonds is 5. The van der Waals surface area contributed by atoms with Gasteiger partial charge in [-0.1, -0.05) is 6.07 Å². The number of likely N-dealkylation sites (tertiary alicyclic amines) is 1. The summed E-state index contributed by atoms with van der Waals surface area (Å²) in [7, 11) is 0. The van der Waals surface area contributed by atoms with Crippen molar-refractivity contribution in [2.24, 2.45) is 5.92 Å². The summed E-state index contributed by atoms with van der Waals surface area (Å²) in [5.74, 6) is 0.567. The highest BCUT2D eigenvalue weighted by molar-refractivity contribution is 5.94. The van der Waals surface area contributed by atoms with Crippen LogP contribution in [0, 0.1) is 5.92 Å². The molecule has 1 aliphatic heterocycles. The second-order valence-corrected chi connectivity index (χ2v) is 5.90. The number of aliphatic hydroxyl groups is 1. The topological polar surface area (TPSA) is 75.5 Å². The summed E-state index contributed by atoms with van der Waals surface area (Å²) in [4.78, 5) is 22.7. The molecule has 0 unspecified atom stereocenters. The van der Waals surface area contributed by atoms with Crippen molar-refractivity contribution in [1.29, 1.82) is 0 Å². The molecular formula is C18H21N3O3. The first kappa shape index (κ1) is 16.4. The minimum Gasteiger partial charge on any atom is -0.494 e. The molecule has 1 aromatic carbocycles. The number of β-amino-alcohol motifs (C(OH)–C–C–N with tert-alkyl or cyclic N) is 1. The normalized spacial score (nSPS) is 20.2. The number of nitrogens with zero attached hydrogens (tertiary/aromatic N) is 3. The van der Waals surface area contributed by atoms with Crippen LogP contribution >= 0.6 is 0 Å². The van der Waals surface area contributed by atoms with Crippen molar-refractivity contribution in [2.75, 3.05) is 19.7 Å². The van der Waals surface area contributed by atoms with Gasteiger partial charge in [0.25, 0.3) is 5.91 Å². The van der Waals surface area contributed by atoms with E-state index >= 15 is 0 Å². The number of benzene rings is 1. The first-order valence-electron chi connectivity index (χ1n) is 8.12. The molecule has 2 heterocycles. The molecule has 6 heteroatoms. The molecule has 0 bridgehead atoms. The Balaban J connectivity index is 1.67. The van der Waals surface area contributed by atoms with Crippen molar-refractivity contribution >= 4 is 5.91 Å². The number of hydrogen-bond acceptors (Lipinski definition) is 5. The van der Waals surface area contributed by atoms with Gasteiger partial charge >= 0.3 is 0 Å². The highest BCUT2D eigenvalue weighted by Gasteiger charge is 2.34. The lowest BCUT2D eigenvalue weighted by Gasteiger charge is -2.16. The first-order chi connectivity index (χ1) is 11.7. The van der Waals surface area contributed by atoms with Gasteiger partial charge in [0.15, 0.2) is 0 Å². The number of carbonyl (C=O) groups is 1. The standard InChI is InChI=1S/C18H21N3O3/c1-2-24-16-5-3-4-13(9-16)18(23)21-11-14(17(22)12-21)8-15-10-19-6-7-20-15/h3-7,9-10,14,17,22H,2,8,11-12H2,1H3/t14-,17-/m1/s1. The van der Waals surface area contributed by atoms with E-state index in [4.69, 9.17) is 4.74 Å². The summed E-state index contributed by atoms with van der Waals surface area (Å²) >= 11 is 0. The molecule has 2 aromatic rings. The van der Waals surface area contributed by atoms with Crippen molar-refractivity contribution in [3.63, 3.8) is 0 Å². The van der Waals surface area contributed by atoms with Crippen LogP contribution in [-0.2, 0) is 6.42 Å². The van der Waals surface area contributed by atoms with Crippen LogP contribution in [0.5, 0.6) is 5.75 Å². The molecule has 6 nitrogen and oxygen atoms in total. The summed E-state index contributed by atoms with van der Waals surface area (Å²) < 4.78 is 5.45. The van der Waals surface area contributed by atoms with Gasteiger partial charge in [0.1, 0.15) is 5.75 Å². The van der Waals surface area contributed by atoms with E-state index in [-0.39, 0.29) is 11.8 Å². The van der Waals surface area contributed by atoms with Crippen LogP contribution in [0.2, 0.25) is 0 Å². The molecule has 1 fully saturated rings. The van der Waals surface area contributed by atoms with E-state index < -0.39 is 6.10 Å². The van der Waals surface area contributed by atoms with Crippen molar-refractivity contribution < 1.29 is 14.6 Å². The second kappa shape index (κ2) is 7.40. The average molecular weight is 327 g/mol. The van der Waals surface area contributed by atoms with Crippen LogP contribution in [-0.4, -0.2) is 51.7 Å². The van der Waals surface area contributed by atoms with Crippen LogP contribution in [0.1, 0.15) is 23.0 Å². The number of amides is 1. The summed E-state index contributed by atoms with van der Waals surface area (Å²) in [5, 5.41) is 10.3.